The first kappa shape index (κ1) is 12.2. The van der Waals surface area contributed by atoms with Gasteiger partial charge in [-0.05, 0) is 37.9 Å². The topological polar surface area (TPSA) is 54.3 Å². The van der Waals surface area contributed by atoms with Crippen molar-refractivity contribution in [1.29, 1.82) is 0 Å². The number of amides is 1. The zero-order chi connectivity index (χ0) is 13.1. The fourth-order valence-electron chi connectivity index (χ4n) is 2.57. The number of furan rings is 1. The molecule has 1 saturated heterocycles. The molecule has 0 bridgehead atoms. The molecule has 1 fully saturated rings. The lowest BCUT2D eigenvalue weighted by molar-refractivity contribution is 0.0945. The SMILES string of the molecule is O=C(NCC1CCNCC1)c1coc2ccccc12. The molecule has 0 saturated carbocycles. The van der Waals surface area contributed by atoms with E-state index in [0.717, 1.165) is 43.4 Å². The van der Waals surface area contributed by atoms with Gasteiger partial charge in [-0.1, -0.05) is 18.2 Å². The summed E-state index contributed by atoms with van der Waals surface area (Å²) >= 11 is 0. The van der Waals surface area contributed by atoms with Crippen molar-refractivity contribution in [1.82, 2.24) is 10.6 Å². The molecule has 100 valence electrons. The molecule has 4 heteroatoms. The smallest absolute Gasteiger partial charge is 0.255 e. The Hall–Kier alpha value is -1.81. The first-order valence-corrected chi connectivity index (χ1v) is 6.80. The number of para-hydroxylation sites is 1. The lowest BCUT2D eigenvalue weighted by Crippen LogP contribution is -2.35. The molecular formula is C15H18N2O2. The second kappa shape index (κ2) is 5.45. The number of nitrogens with one attached hydrogen (secondary N) is 2. The Balaban J connectivity index is 1.66. The van der Waals surface area contributed by atoms with Gasteiger partial charge in [0.05, 0.1) is 5.56 Å². The van der Waals surface area contributed by atoms with Crippen LogP contribution in [0.3, 0.4) is 0 Å². The summed E-state index contributed by atoms with van der Waals surface area (Å²) in [4.78, 5) is 12.2. The molecule has 19 heavy (non-hydrogen) atoms. The second-order valence-corrected chi connectivity index (χ2v) is 5.05. The van der Waals surface area contributed by atoms with E-state index in [1.54, 1.807) is 6.26 Å². The van der Waals surface area contributed by atoms with Gasteiger partial charge in [0.1, 0.15) is 11.8 Å². The zero-order valence-electron chi connectivity index (χ0n) is 10.8. The van der Waals surface area contributed by atoms with Gasteiger partial charge >= 0.3 is 0 Å². The highest BCUT2D eigenvalue weighted by atomic mass is 16.3. The van der Waals surface area contributed by atoms with Crippen molar-refractivity contribution < 1.29 is 9.21 Å². The minimum absolute atomic E-state index is 0.0384. The van der Waals surface area contributed by atoms with Gasteiger partial charge in [0, 0.05) is 11.9 Å². The standard InChI is InChI=1S/C15H18N2O2/c18-15(17-9-11-5-7-16-8-6-11)13-10-19-14-4-2-1-3-12(13)14/h1-4,10-11,16H,5-9H2,(H,17,18). The Morgan fingerprint density at radius 3 is 2.95 bits per heavy atom. The molecule has 2 heterocycles. The quantitative estimate of drug-likeness (QED) is 0.887. The predicted molar refractivity (Wildman–Crippen MR) is 74.1 cm³/mol. The molecule has 1 aromatic heterocycles. The van der Waals surface area contributed by atoms with Crippen molar-refractivity contribution >= 4 is 16.9 Å². The summed E-state index contributed by atoms with van der Waals surface area (Å²) in [5.41, 5.74) is 1.39. The molecule has 0 radical (unpaired) electrons. The van der Waals surface area contributed by atoms with Gasteiger partial charge in [-0.15, -0.1) is 0 Å². The molecule has 1 amide bonds. The average Bonchev–Trinajstić information content (AvgIpc) is 2.90. The molecule has 0 unspecified atom stereocenters. The maximum atomic E-state index is 12.2. The number of rotatable bonds is 3. The lowest BCUT2D eigenvalue weighted by atomic mass is 9.98. The van der Waals surface area contributed by atoms with Crippen LogP contribution < -0.4 is 10.6 Å². The van der Waals surface area contributed by atoms with Crippen LogP contribution in [0.4, 0.5) is 0 Å². The van der Waals surface area contributed by atoms with Crippen LogP contribution in [0.15, 0.2) is 34.9 Å². The molecule has 4 nitrogen and oxygen atoms in total. The van der Waals surface area contributed by atoms with Gasteiger partial charge in [0.2, 0.25) is 0 Å². The highest BCUT2D eigenvalue weighted by Gasteiger charge is 2.17. The van der Waals surface area contributed by atoms with Crippen molar-refractivity contribution in [3.05, 3.63) is 36.1 Å². The average molecular weight is 258 g/mol. The summed E-state index contributed by atoms with van der Waals surface area (Å²) < 4.78 is 5.39. The third-order valence-corrected chi connectivity index (χ3v) is 3.74. The largest absolute Gasteiger partial charge is 0.463 e. The van der Waals surface area contributed by atoms with E-state index in [-0.39, 0.29) is 5.91 Å². The van der Waals surface area contributed by atoms with E-state index in [4.69, 9.17) is 4.42 Å². The number of hydrogen-bond acceptors (Lipinski definition) is 3. The Morgan fingerprint density at radius 1 is 1.32 bits per heavy atom. The Labute approximate surface area is 112 Å². The van der Waals surface area contributed by atoms with E-state index in [2.05, 4.69) is 10.6 Å². The molecule has 2 aromatic rings. The second-order valence-electron chi connectivity index (χ2n) is 5.05. The van der Waals surface area contributed by atoms with Gasteiger partial charge in [-0.25, -0.2) is 0 Å². The van der Waals surface area contributed by atoms with Crippen molar-refractivity contribution in [2.45, 2.75) is 12.8 Å². The minimum Gasteiger partial charge on any atom is -0.463 e. The van der Waals surface area contributed by atoms with Crippen LogP contribution in [-0.2, 0) is 0 Å². The molecule has 0 spiro atoms. The van der Waals surface area contributed by atoms with Crippen LogP contribution in [0, 0.1) is 5.92 Å². The zero-order valence-corrected chi connectivity index (χ0v) is 10.8. The molecule has 1 aliphatic rings. The van der Waals surface area contributed by atoms with Gasteiger partial charge in [0.15, 0.2) is 0 Å². The van der Waals surface area contributed by atoms with E-state index in [1.807, 2.05) is 24.3 Å². The first-order chi connectivity index (χ1) is 9.34. The van der Waals surface area contributed by atoms with E-state index in [0.29, 0.717) is 11.5 Å². The Morgan fingerprint density at radius 2 is 2.11 bits per heavy atom. The summed E-state index contributed by atoms with van der Waals surface area (Å²) in [6.45, 7) is 2.85. The van der Waals surface area contributed by atoms with Crippen LogP contribution in [0.5, 0.6) is 0 Å². The van der Waals surface area contributed by atoms with Crippen molar-refractivity contribution in [2.24, 2.45) is 5.92 Å². The first-order valence-electron chi connectivity index (χ1n) is 6.80. The highest BCUT2D eigenvalue weighted by Crippen LogP contribution is 2.20. The fraction of sp³-hybridized carbons (Fsp3) is 0.400. The van der Waals surface area contributed by atoms with E-state index in [9.17, 15) is 4.79 Å². The number of carbonyl (C=O) groups excluding carboxylic acids is 1. The van der Waals surface area contributed by atoms with Gasteiger partial charge in [0.25, 0.3) is 5.91 Å². The highest BCUT2D eigenvalue weighted by molar-refractivity contribution is 6.05. The maximum absolute atomic E-state index is 12.2. The maximum Gasteiger partial charge on any atom is 0.255 e. The summed E-state index contributed by atoms with van der Waals surface area (Å²) in [5, 5.41) is 7.23. The summed E-state index contributed by atoms with van der Waals surface area (Å²) in [6, 6.07) is 7.61. The molecule has 1 aromatic carbocycles. The lowest BCUT2D eigenvalue weighted by Gasteiger charge is -2.22. The Kier molecular flexibility index (Phi) is 3.51. The van der Waals surface area contributed by atoms with Crippen LogP contribution in [-0.4, -0.2) is 25.5 Å². The number of fused-ring (bicyclic) bond motifs is 1. The monoisotopic (exact) mass is 258 g/mol. The Bertz CT molecular complexity index is 570. The normalized spacial score (nSPS) is 16.6. The summed E-state index contributed by atoms with van der Waals surface area (Å²) in [7, 11) is 0. The van der Waals surface area contributed by atoms with Crippen LogP contribution >= 0.6 is 0 Å². The number of piperidine rings is 1. The molecule has 0 atom stereocenters. The molecular weight excluding hydrogens is 240 g/mol. The molecule has 0 aliphatic carbocycles. The number of hydrogen-bond donors (Lipinski definition) is 2. The third kappa shape index (κ3) is 2.63. The van der Waals surface area contributed by atoms with Crippen molar-refractivity contribution in [2.75, 3.05) is 19.6 Å². The number of carbonyl (C=O) groups is 1. The predicted octanol–water partition coefficient (Wildman–Crippen LogP) is 2.16. The van der Waals surface area contributed by atoms with Gasteiger partial charge < -0.3 is 15.1 Å². The summed E-state index contributed by atoms with van der Waals surface area (Å²) in [6.07, 6.45) is 3.81. The molecule has 2 N–H and O–H groups in total. The van der Waals surface area contributed by atoms with E-state index >= 15 is 0 Å². The number of benzene rings is 1. The van der Waals surface area contributed by atoms with Crippen LogP contribution in [0.2, 0.25) is 0 Å². The molecule has 3 rings (SSSR count). The summed E-state index contributed by atoms with van der Waals surface area (Å²) in [5.74, 6) is 0.548. The van der Waals surface area contributed by atoms with Gasteiger partial charge in [-0.3, -0.25) is 4.79 Å². The minimum atomic E-state index is -0.0384. The van der Waals surface area contributed by atoms with Crippen molar-refractivity contribution in [3.63, 3.8) is 0 Å². The van der Waals surface area contributed by atoms with Crippen LogP contribution in [0.1, 0.15) is 23.2 Å². The third-order valence-electron chi connectivity index (χ3n) is 3.74. The van der Waals surface area contributed by atoms with Gasteiger partial charge in [-0.2, -0.15) is 0 Å². The van der Waals surface area contributed by atoms with Crippen molar-refractivity contribution in [3.8, 4) is 0 Å². The van der Waals surface area contributed by atoms with Crippen LogP contribution in [0.25, 0.3) is 11.0 Å². The molecule has 1 aliphatic heterocycles. The fourth-order valence-corrected chi connectivity index (χ4v) is 2.57. The van der Waals surface area contributed by atoms with E-state index < -0.39 is 0 Å². The van der Waals surface area contributed by atoms with E-state index in [1.165, 1.54) is 0 Å².